The van der Waals surface area contributed by atoms with Gasteiger partial charge in [0.2, 0.25) is 11.7 Å². The third-order valence-electron chi connectivity index (χ3n) is 8.78. The predicted molar refractivity (Wildman–Crippen MR) is 164 cm³/mol. The average molecular weight is 648 g/mol. The van der Waals surface area contributed by atoms with Crippen LogP contribution in [0.1, 0.15) is 61.5 Å². The van der Waals surface area contributed by atoms with Crippen LogP contribution in [0.25, 0.3) is 0 Å². The van der Waals surface area contributed by atoms with Crippen molar-refractivity contribution in [2.45, 2.75) is 57.2 Å². The summed E-state index contributed by atoms with van der Waals surface area (Å²) in [6.45, 7) is 6.44. The zero-order valence-corrected chi connectivity index (χ0v) is 26.3. The summed E-state index contributed by atoms with van der Waals surface area (Å²) in [5, 5.41) is 0.383. The van der Waals surface area contributed by atoms with Crippen molar-refractivity contribution in [3.05, 3.63) is 94.3 Å². The van der Waals surface area contributed by atoms with E-state index in [2.05, 4.69) is 0 Å². The van der Waals surface area contributed by atoms with Gasteiger partial charge in [0, 0.05) is 10.9 Å². The van der Waals surface area contributed by atoms with E-state index in [1.165, 1.54) is 6.07 Å². The van der Waals surface area contributed by atoms with Crippen LogP contribution >= 0.6 is 11.6 Å². The van der Waals surface area contributed by atoms with Crippen LogP contribution in [0.2, 0.25) is 5.02 Å². The van der Waals surface area contributed by atoms with Gasteiger partial charge in [-0.2, -0.15) is 0 Å². The third kappa shape index (κ3) is 4.95. The van der Waals surface area contributed by atoms with Crippen LogP contribution < -0.4 is 9.64 Å². The maximum atomic E-state index is 15.0. The van der Waals surface area contributed by atoms with Crippen LogP contribution in [0.3, 0.4) is 0 Å². The van der Waals surface area contributed by atoms with Crippen LogP contribution in [0, 0.1) is 17.7 Å². The van der Waals surface area contributed by atoms with Gasteiger partial charge in [-0.25, -0.2) is 18.9 Å². The molecule has 6 rings (SSSR count). The van der Waals surface area contributed by atoms with Crippen molar-refractivity contribution >= 4 is 46.8 Å². The van der Waals surface area contributed by atoms with Crippen molar-refractivity contribution in [1.29, 1.82) is 0 Å². The molecule has 0 bridgehead atoms. The molecule has 1 aliphatic carbocycles. The number of esters is 1. The van der Waals surface area contributed by atoms with Crippen molar-refractivity contribution < 1.29 is 42.6 Å². The second kappa shape index (κ2) is 11.3. The molecule has 2 heterocycles. The number of halogens is 2. The lowest BCUT2D eigenvalue weighted by atomic mass is 9.51. The lowest BCUT2D eigenvalue weighted by Crippen LogP contribution is -2.62. The minimum atomic E-state index is -1.75. The maximum absolute atomic E-state index is 15.0. The number of ether oxygens (including phenoxy) is 3. The minimum absolute atomic E-state index is 0.0496. The van der Waals surface area contributed by atoms with Crippen molar-refractivity contribution in [1.82, 2.24) is 0 Å². The molecule has 3 aromatic rings. The third-order valence-corrected chi connectivity index (χ3v) is 9.04. The van der Waals surface area contributed by atoms with Gasteiger partial charge in [0.25, 0.3) is 0 Å². The highest BCUT2D eigenvalue weighted by atomic mass is 35.5. The number of hydrogen-bond acceptors (Lipinski definition) is 8. The highest BCUT2D eigenvalue weighted by Gasteiger charge is 2.68. The second-order valence-electron chi connectivity index (χ2n) is 12.6. The predicted octanol–water partition coefficient (Wildman–Crippen LogP) is 6.19. The quantitative estimate of drug-likeness (QED) is 0.243. The van der Waals surface area contributed by atoms with E-state index in [-0.39, 0.29) is 30.0 Å². The summed E-state index contributed by atoms with van der Waals surface area (Å²) in [5.74, 6) is -7.85. The summed E-state index contributed by atoms with van der Waals surface area (Å²) in [7, 11) is 0. The molecule has 9 nitrogen and oxygen atoms in total. The second-order valence-corrected chi connectivity index (χ2v) is 13.1. The fourth-order valence-corrected chi connectivity index (χ4v) is 7.26. The van der Waals surface area contributed by atoms with Gasteiger partial charge >= 0.3 is 12.1 Å². The van der Waals surface area contributed by atoms with E-state index in [0.717, 1.165) is 17.0 Å². The van der Waals surface area contributed by atoms with Crippen LogP contribution in [0.5, 0.6) is 5.75 Å². The van der Waals surface area contributed by atoms with Crippen molar-refractivity contribution in [3.8, 4) is 5.75 Å². The number of carbonyl (C=O) groups excluding carboxylic acids is 5. The van der Waals surface area contributed by atoms with Crippen molar-refractivity contribution in [3.63, 3.8) is 0 Å². The summed E-state index contributed by atoms with van der Waals surface area (Å²) < 4.78 is 31.5. The van der Waals surface area contributed by atoms with Gasteiger partial charge in [-0.05, 0) is 81.6 Å². The molecule has 3 aliphatic rings. The largest absolute Gasteiger partial charge is 0.488 e. The van der Waals surface area contributed by atoms with E-state index in [1.807, 2.05) is 0 Å². The first-order valence-electron chi connectivity index (χ1n) is 14.9. The van der Waals surface area contributed by atoms with E-state index >= 15 is 4.79 Å². The number of anilines is 1. The topological polar surface area (TPSA) is 116 Å². The highest BCUT2D eigenvalue weighted by Crippen LogP contribution is 2.61. The standard InChI is InChI=1S/C35H31ClFNO8/c1-5-44-31(41)29(40)26-27(18-10-12-19(36)13-11-18)35(17-22-28(39)21-16-20(37)14-15-25(21)45-30(22)26)23-8-6-7-9-24(23)38(32(35)42)33(43)46-34(2,3)4/h6-16,22,26-27,30H,5,17H2,1-4H3/t22-,26+,27-,30-,35-/m0/s1. The number of rotatable bonds is 4. The lowest BCUT2D eigenvalue weighted by molar-refractivity contribution is -0.160. The van der Waals surface area contributed by atoms with Gasteiger partial charge in [0.05, 0.1) is 35.1 Å². The molecule has 0 aromatic heterocycles. The van der Waals surface area contributed by atoms with Gasteiger partial charge in [0.1, 0.15) is 23.3 Å². The average Bonchev–Trinajstić information content (AvgIpc) is 3.24. The van der Waals surface area contributed by atoms with E-state index in [4.69, 9.17) is 25.8 Å². The molecule has 0 radical (unpaired) electrons. The first-order chi connectivity index (χ1) is 21.8. The molecule has 1 spiro atoms. The molecular formula is C35H31ClFNO8. The van der Waals surface area contributed by atoms with Crippen molar-refractivity contribution in [2.24, 2.45) is 11.8 Å². The number of imide groups is 1. The Hall–Kier alpha value is -4.57. The van der Waals surface area contributed by atoms with Gasteiger partial charge in [-0.3, -0.25) is 14.4 Å². The van der Waals surface area contributed by atoms with Crippen LogP contribution in [-0.4, -0.2) is 47.8 Å². The molecule has 0 saturated heterocycles. The number of hydrogen-bond donors (Lipinski definition) is 0. The molecule has 0 unspecified atom stereocenters. The molecule has 238 valence electrons. The monoisotopic (exact) mass is 647 g/mol. The van der Waals surface area contributed by atoms with Crippen LogP contribution in [-0.2, 0) is 29.3 Å². The zero-order chi connectivity index (χ0) is 33.1. The number of Topliss-reactive ketones (excluding diaryl/α,β-unsaturated/α-hetero) is 2. The molecular weight excluding hydrogens is 617 g/mol. The van der Waals surface area contributed by atoms with Gasteiger partial charge < -0.3 is 14.2 Å². The Bertz CT molecular complexity index is 1780. The van der Waals surface area contributed by atoms with Crippen molar-refractivity contribution in [2.75, 3.05) is 11.5 Å². The summed E-state index contributed by atoms with van der Waals surface area (Å²) >= 11 is 6.25. The molecule has 1 fully saturated rings. The molecule has 46 heavy (non-hydrogen) atoms. The Morgan fingerprint density at radius 1 is 1.04 bits per heavy atom. The first kappa shape index (κ1) is 31.4. The van der Waals surface area contributed by atoms with Gasteiger partial charge in [-0.1, -0.05) is 41.9 Å². The zero-order valence-electron chi connectivity index (χ0n) is 25.5. The summed E-state index contributed by atoms with van der Waals surface area (Å²) in [4.78, 5) is 71.3. The summed E-state index contributed by atoms with van der Waals surface area (Å²) in [6.07, 6.45) is -2.39. The molecule has 2 amide bonds. The van der Waals surface area contributed by atoms with E-state index in [0.29, 0.717) is 16.1 Å². The Labute approximate surface area is 269 Å². The lowest BCUT2D eigenvalue weighted by Gasteiger charge is -2.51. The van der Waals surface area contributed by atoms with Gasteiger partial charge in [0.15, 0.2) is 5.78 Å². The Kier molecular flexibility index (Phi) is 7.75. The number of ketones is 2. The number of para-hydroxylation sites is 1. The maximum Gasteiger partial charge on any atom is 0.421 e. The Morgan fingerprint density at radius 3 is 2.41 bits per heavy atom. The molecule has 3 aromatic carbocycles. The van der Waals surface area contributed by atoms with Crippen LogP contribution in [0.15, 0.2) is 66.7 Å². The minimum Gasteiger partial charge on any atom is -0.488 e. The summed E-state index contributed by atoms with van der Waals surface area (Å²) in [5.41, 5.74) is -1.73. The van der Waals surface area contributed by atoms with E-state index in [1.54, 1.807) is 76.2 Å². The fraction of sp³-hybridized carbons (Fsp3) is 0.343. The number of carbonyl (C=O) groups is 5. The molecule has 1 saturated carbocycles. The highest BCUT2D eigenvalue weighted by molar-refractivity contribution is 6.35. The SMILES string of the molecule is CCOC(=O)C(=O)[C@@H]1[C@H]2Oc3ccc(F)cc3C(=O)[C@@H]2C[C@@]2(C(=O)N(C(=O)OC(C)(C)C)c3ccccc32)[C@H]1c1ccc(Cl)cc1. The molecule has 0 N–H and O–H groups in total. The Morgan fingerprint density at radius 2 is 1.74 bits per heavy atom. The first-order valence-corrected chi connectivity index (χ1v) is 15.3. The number of benzene rings is 3. The van der Waals surface area contributed by atoms with E-state index in [9.17, 15) is 23.6 Å². The fourth-order valence-electron chi connectivity index (χ4n) is 7.14. The molecule has 5 atom stereocenters. The molecule has 2 aliphatic heterocycles. The smallest absolute Gasteiger partial charge is 0.421 e. The molecule has 11 heteroatoms. The number of fused-ring (bicyclic) bond motifs is 4. The van der Waals surface area contributed by atoms with Crippen LogP contribution in [0.4, 0.5) is 14.9 Å². The van der Waals surface area contributed by atoms with E-state index < -0.39 is 70.2 Å². The normalized spacial score (nSPS) is 24.9. The number of nitrogens with zero attached hydrogens (tertiary/aromatic N) is 1. The number of amides is 2. The summed E-state index contributed by atoms with van der Waals surface area (Å²) in [6, 6.07) is 16.5. The van der Waals surface area contributed by atoms with Gasteiger partial charge in [-0.15, -0.1) is 0 Å². The Balaban J connectivity index is 1.64.